The number of ketones is 1. The maximum absolute atomic E-state index is 16.9. The Morgan fingerprint density at radius 3 is 1.95 bits per heavy atom. The number of phosphoric ester groups is 1. The lowest BCUT2D eigenvalue weighted by atomic mass is 9.75. The summed E-state index contributed by atoms with van der Waals surface area (Å²) in [5.41, 5.74) is -9.41. The number of carboxylic acids is 1. The van der Waals surface area contributed by atoms with Gasteiger partial charge in [0, 0.05) is 103 Å². The summed E-state index contributed by atoms with van der Waals surface area (Å²) in [4.78, 5) is 133. The molecule has 38 heteroatoms. The Bertz CT molecular complexity index is 4330. The fraction of sp³-hybridized carbons (Fsp3) is 0.534. The van der Waals surface area contributed by atoms with Crippen LogP contribution in [-0.4, -0.2) is 195 Å². The maximum atomic E-state index is 16.9. The molecule has 7 atom stereocenters. The smallest absolute Gasteiger partial charge is 0.479 e. The van der Waals surface area contributed by atoms with E-state index in [-0.39, 0.29) is 40.0 Å². The Morgan fingerprint density at radius 2 is 1.42 bits per heavy atom. The van der Waals surface area contributed by atoms with Crippen molar-refractivity contribution in [2.45, 2.75) is 167 Å². The number of hydrogen-bond donors (Lipinski definition) is 6. The fourth-order valence-corrected chi connectivity index (χ4v) is 14.6. The van der Waals surface area contributed by atoms with Crippen molar-refractivity contribution >= 4 is 55.4 Å². The van der Waals surface area contributed by atoms with Gasteiger partial charge in [-0.1, -0.05) is 57.7 Å². The average molecular weight is 1600 g/mol. The van der Waals surface area contributed by atoms with Crippen molar-refractivity contribution in [2.75, 3.05) is 65.2 Å². The van der Waals surface area contributed by atoms with Crippen molar-refractivity contribution < 1.29 is 125 Å². The zero-order valence-corrected chi connectivity index (χ0v) is 62.7. The number of carboxylic acid groups (broad SMARTS) is 1. The minimum Gasteiger partial charge on any atom is -0.479 e. The highest BCUT2D eigenvalue weighted by Crippen LogP contribution is 2.48. The van der Waals surface area contributed by atoms with Gasteiger partial charge in [-0.25, -0.2) is 42.6 Å². The van der Waals surface area contributed by atoms with E-state index in [1.165, 1.54) is 63.5 Å². The summed E-state index contributed by atoms with van der Waals surface area (Å²) in [6.07, 6.45) is -13.7. The molecule has 2 unspecified atom stereocenters. The summed E-state index contributed by atoms with van der Waals surface area (Å²) in [6, 6.07) is 8.85. The number of anilines is 1. The van der Waals surface area contributed by atoms with Crippen molar-refractivity contribution in [2.24, 2.45) is 22.7 Å². The average Bonchev–Trinajstić information content (AvgIpc) is 1.73. The number of amides is 3. The molecule has 5 aromatic rings. The van der Waals surface area contributed by atoms with Crippen LogP contribution in [0.2, 0.25) is 0 Å². The molecule has 4 saturated heterocycles. The molecule has 4 aliphatic rings. The lowest BCUT2D eigenvalue weighted by Gasteiger charge is -2.47. The number of piperazine rings is 1. The third-order valence-electron chi connectivity index (χ3n) is 20.5. The number of aryl methyl sites for hydroxylation is 1. The maximum Gasteiger partial charge on any atom is 0.524 e. The normalized spacial score (nSPS) is 18.9. The minimum absolute atomic E-state index is 0.0762. The first-order valence-electron chi connectivity index (χ1n) is 35.0. The molecule has 604 valence electrons. The van der Waals surface area contributed by atoms with Gasteiger partial charge >= 0.3 is 50.7 Å². The Hall–Kier alpha value is -9.31. The SMILES string of the molecule is COC(=O)C[C@H](C(=O)NN(Cc1c(F)cc(-c2ccn(C(F)F)n2)cc1F)C[C@H](OC(=O)CC(C)(C)c1c(CC(=O)N[C@@]2(C(=O)O)CCOC2)cc(C)cc1OP(=O)(O)O)[C@@H](CC(=O)[C@@H](NC(=O)OC)C(C)(C)C(F)(F)F)Cc1ccc(C#Cc2cnc(N3CC4CCC(C3)N4C3COC3)nc2)cc1)C(C)(C)C(F)(F)F. The van der Waals surface area contributed by atoms with E-state index in [2.05, 4.69) is 56.9 Å². The van der Waals surface area contributed by atoms with Crippen LogP contribution in [0.5, 0.6) is 5.75 Å². The number of halogens is 10. The van der Waals surface area contributed by atoms with E-state index in [1.54, 1.807) is 0 Å². The number of hydrazine groups is 1. The van der Waals surface area contributed by atoms with E-state index in [4.69, 9.17) is 18.7 Å². The van der Waals surface area contributed by atoms with Crippen LogP contribution in [0.15, 0.2) is 73.2 Å². The summed E-state index contributed by atoms with van der Waals surface area (Å²) in [5, 5.41) is 18.7. The standard InChI is InChI=1S/C73H85F10N10O17P/c1-40-22-46(28-58(95)87-71(64(99)100)19-21-107-39-71)61(56(23-40)110-111(102,103)104)68(2,3)30-60(97)109-57(36-91(89-63(98)51(29-59(96)105-8)69(4,5)72(78,79)80)35-50-52(74)25-44(26-53(50)75)54-18-20-92(88-54)65(76)77)45(27-55(94)62(86-67(101)106-9)70(6,7)73(81,82)83)24-42-13-10-41(11-14-42)12-15-43-31-84-66(85-32-43)90-33-47-16-17-48(34-90)93(47)49-37-108-38-49/h10-11,13-14,18,20,22-23,25-26,31-32,45,47-49,51,57,62,65H,16-17,19,21,24,27-30,33-39H2,1-9H3,(H,86,101)(H,87,95)(H,89,98)(H,99,100)(H2,102,103,104)/t45-,47?,48?,51-,57+,62-,71+/m1/s1. The number of Topliss-reactive ketones (excluding diaryl/α,β-unsaturated/α-hetero) is 1. The highest BCUT2D eigenvalue weighted by atomic mass is 31.2. The molecular weight excluding hydrogens is 1510 g/mol. The molecule has 4 aliphatic heterocycles. The number of alkyl halides is 8. The molecule has 2 aromatic heterocycles. The second kappa shape index (κ2) is 34.3. The number of nitrogens with zero attached hydrogens (tertiary/aromatic N) is 7. The number of esters is 2. The summed E-state index contributed by atoms with van der Waals surface area (Å²) in [6.45, 7) is 2.59. The van der Waals surface area contributed by atoms with Gasteiger partial charge in [0.15, 0.2) is 11.3 Å². The molecule has 0 aliphatic carbocycles. The number of aliphatic carboxylic acids is 1. The van der Waals surface area contributed by atoms with Gasteiger partial charge in [0.25, 0.3) is 0 Å². The van der Waals surface area contributed by atoms with E-state index in [0.29, 0.717) is 106 Å². The molecule has 6 heterocycles. The molecule has 2 bridgehead atoms. The van der Waals surface area contributed by atoms with Gasteiger partial charge in [0.2, 0.25) is 17.8 Å². The van der Waals surface area contributed by atoms with Gasteiger partial charge < -0.3 is 48.8 Å². The van der Waals surface area contributed by atoms with Crippen LogP contribution in [0.4, 0.5) is 54.6 Å². The van der Waals surface area contributed by atoms with Gasteiger partial charge in [-0.3, -0.25) is 44.1 Å². The predicted octanol–water partition coefficient (Wildman–Crippen LogP) is 9.16. The van der Waals surface area contributed by atoms with Crippen molar-refractivity contribution in [1.82, 2.24) is 45.7 Å². The summed E-state index contributed by atoms with van der Waals surface area (Å²) in [7, 11) is -4.03. The molecular formula is C73H85F10N10O17P. The third-order valence-corrected chi connectivity index (χ3v) is 21.0. The van der Waals surface area contributed by atoms with Crippen LogP contribution >= 0.6 is 7.82 Å². The van der Waals surface area contributed by atoms with Crippen LogP contribution in [0.1, 0.15) is 126 Å². The number of aromatic nitrogens is 4. The molecule has 3 amide bonds. The molecule has 111 heavy (non-hydrogen) atoms. The number of nitrogens with one attached hydrogen (secondary N) is 3. The number of phosphoric acid groups is 1. The van der Waals surface area contributed by atoms with Crippen LogP contribution < -0.4 is 25.5 Å². The van der Waals surface area contributed by atoms with E-state index >= 15 is 44.7 Å². The first kappa shape index (κ1) is 85.7. The van der Waals surface area contributed by atoms with E-state index in [1.807, 2.05) is 5.32 Å². The van der Waals surface area contributed by atoms with E-state index < -0.39 is 200 Å². The summed E-state index contributed by atoms with van der Waals surface area (Å²) < 4.78 is 197. The monoisotopic (exact) mass is 1590 g/mol. The highest BCUT2D eigenvalue weighted by Gasteiger charge is 2.58. The largest absolute Gasteiger partial charge is 0.524 e. The molecule has 0 spiro atoms. The van der Waals surface area contributed by atoms with Crippen LogP contribution in [0.3, 0.4) is 0 Å². The molecule has 4 fully saturated rings. The van der Waals surface area contributed by atoms with Crippen LogP contribution in [-0.2, 0) is 81.8 Å². The number of fused-ring (bicyclic) bond motifs is 2. The summed E-state index contributed by atoms with van der Waals surface area (Å²) in [5.74, 6) is -10.1. The third kappa shape index (κ3) is 20.7. The second-order valence-electron chi connectivity index (χ2n) is 29.7. The molecule has 0 saturated carbocycles. The summed E-state index contributed by atoms with van der Waals surface area (Å²) >= 11 is 0. The fourth-order valence-electron chi connectivity index (χ4n) is 14.2. The van der Waals surface area contributed by atoms with Crippen LogP contribution in [0, 0.1) is 53.1 Å². The number of methoxy groups -OCH3 is 2. The number of alkyl carbamates (subject to hydrolysis) is 1. The number of carbonyl (C=O) groups is 7. The Kier molecular flexibility index (Phi) is 26.5. The van der Waals surface area contributed by atoms with E-state index in [0.717, 1.165) is 45.4 Å². The Morgan fingerprint density at radius 1 is 0.802 bits per heavy atom. The topological polar surface area (TPSA) is 342 Å². The Labute approximate surface area is 630 Å². The quantitative estimate of drug-likeness (QED) is 0.00601. The van der Waals surface area contributed by atoms with Crippen molar-refractivity contribution in [3.05, 3.63) is 124 Å². The van der Waals surface area contributed by atoms with Crippen molar-refractivity contribution in [3.8, 4) is 28.8 Å². The van der Waals surface area contributed by atoms with Crippen molar-refractivity contribution in [3.63, 3.8) is 0 Å². The molecule has 0 radical (unpaired) electrons. The van der Waals surface area contributed by atoms with Gasteiger partial charge in [-0.2, -0.15) is 40.2 Å². The number of hydrogen-bond acceptors (Lipinski definition) is 20. The van der Waals surface area contributed by atoms with Gasteiger partial charge in [-0.05, 0) is 93.1 Å². The van der Waals surface area contributed by atoms with Gasteiger partial charge in [-0.15, -0.1) is 0 Å². The molecule has 9 rings (SSSR count). The predicted molar refractivity (Wildman–Crippen MR) is 372 cm³/mol. The minimum atomic E-state index is -5.60. The Balaban J connectivity index is 1.17. The number of carbonyl (C=O) groups excluding carboxylic acids is 6. The van der Waals surface area contributed by atoms with E-state index in [9.17, 15) is 52.2 Å². The van der Waals surface area contributed by atoms with Gasteiger partial charge in [0.05, 0.1) is 93.9 Å². The highest BCUT2D eigenvalue weighted by molar-refractivity contribution is 7.46. The molecule has 27 nitrogen and oxygen atoms in total. The lowest BCUT2D eigenvalue weighted by molar-refractivity contribution is -0.231. The van der Waals surface area contributed by atoms with Crippen LogP contribution in [0.25, 0.3) is 11.3 Å². The first-order valence-corrected chi connectivity index (χ1v) is 36.5. The number of benzene rings is 3. The number of ether oxygens (including phenoxy) is 5. The van der Waals surface area contributed by atoms with Gasteiger partial charge in [0.1, 0.15) is 29.5 Å². The zero-order valence-electron chi connectivity index (χ0n) is 61.8. The first-order chi connectivity index (χ1) is 51.8. The lowest BCUT2D eigenvalue weighted by Crippen LogP contribution is -2.62. The molecule has 3 aromatic carbocycles. The van der Waals surface area contributed by atoms with Crippen molar-refractivity contribution in [1.29, 1.82) is 0 Å². The number of rotatable bonds is 31. The molecule has 6 N–H and O–H groups in total. The second-order valence-corrected chi connectivity index (χ2v) is 30.9. The zero-order chi connectivity index (χ0) is 81.7.